The quantitative estimate of drug-likeness (QED) is 0.164. The zero-order valence-electron chi connectivity index (χ0n) is 28.5. The highest BCUT2D eigenvalue weighted by Crippen LogP contribution is 2.36. The van der Waals surface area contributed by atoms with E-state index < -0.39 is 51.0 Å². The molecule has 0 spiro atoms. The molecule has 16 heteroatoms. The largest absolute Gasteiger partial charge is 0.495 e. The summed E-state index contributed by atoms with van der Waals surface area (Å²) >= 11 is 12.4. The molecular formula is C35H38Cl2N4O8S2. The molecule has 0 radical (unpaired) electrons. The van der Waals surface area contributed by atoms with Gasteiger partial charge in [0.2, 0.25) is 11.8 Å². The van der Waals surface area contributed by atoms with Gasteiger partial charge in [0.05, 0.1) is 35.4 Å². The average Bonchev–Trinajstić information content (AvgIpc) is 3.09. The van der Waals surface area contributed by atoms with Crippen LogP contribution in [-0.4, -0.2) is 68.5 Å². The van der Waals surface area contributed by atoms with Crippen LogP contribution < -0.4 is 28.7 Å². The molecule has 51 heavy (non-hydrogen) atoms. The number of anilines is 2. The van der Waals surface area contributed by atoms with Crippen molar-refractivity contribution in [3.05, 3.63) is 106 Å². The predicted octanol–water partition coefficient (Wildman–Crippen LogP) is 5.34. The molecule has 0 fully saturated rings. The minimum absolute atomic E-state index is 0.0491. The lowest BCUT2D eigenvalue weighted by atomic mass is 10.2. The highest BCUT2D eigenvalue weighted by atomic mass is 35.5. The Kier molecular flexibility index (Phi) is 12.8. The Morgan fingerprint density at radius 2 is 1.06 bits per heavy atom. The van der Waals surface area contributed by atoms with Gasteiger partial charge in [0.15, 0.2) is 0 Å². The van der Waals surface area contributed by atoms with E-state index in [1.165, 1.54) is 74.9 Å². The van der Waals surface area contributed by atoms with Gasteiger partial charge in [-0.3, -0.25) is 18.2 Å². The maximum atomic E-state index is 13.9. The van der Waals surface area contributed by atoms with Gasteiger partial charge in [-0.05, 0) is 81.4 Å². The first-order valence-corrected chi connectivity index (χ1v) is 19.1. The van der Waals surface area contributed by atoms with Gasteiger partial charge >= 0.3 is 0 Å². The summed E-state index contributed by atoms with van der Waals surface area (Å²) in [5.41, 5.74) is 1.79. The van der Waals surface area contributed by atoms with Crippen molar-refractivity contribution in [2.75, 3.05) is 42.5 Å². The van der Waals surface area contributed by atoms with Crippen LogP contribution in [0, 0.1) is 13.8 Å². The first kappa shape index (κ1) is 39.3. The molecule has 0 aliphatic heterocycles. The fraction of sp³-hybridized carbons (Fsp3) is 0.257. The van der Waals surface area contributed by atoms with Crippen LogP contribution in [0.2, 0.25) is 10.0 Å². The molecule has 4 aromatic rings. The van der Waals surface area contributed by atoms with E-state index in [-0.39, 0.29) is 49.3 Å². The molecule has 4 rings (SSSR count). The van der Waals surface area contributed by atoms with Gasteiger partial charge in [-0.2, -0.15) is 0 Å². The molecular weight excluding hydrogens is 739 g/mol. The number of halogens is 2. The number of hydrogen-bond acceptors (Lipinski definition) is 8. The van der Waals surface area contributed by atoms with Crippen LogP contribution in [0.5, 0.6) is 11.5 Å². The smallest absolute Gasteiger partial charge is 0.264 e. The monoisotopic (exact) mass is 776 g/mol. The molecule has 0 bridgehead atoms. The van der Waals surface area contributed by atoms with Crippen molar-refractivity contribution in [2.24, 2.45) is 0 Å². The van der Waals surface area contributed by atoms with Crippen molar-refractivity contribution in [1.29, 1.82) is 0 Å². The van der Waals surface area contributed by atoms with E-state index in [1.54, 1.807) is 31.2 Å². The molecule has 0 unspecified atom stereocenters. The Balaban J connectivity index is 1.52. The van der Waals surface area contributed by atoms with Crippen LogP contribution in [0.1, 0.15) is 18.1 Å². The number of aryl methyl sites for hydroxylation is 2. The van der Waals surface area contributed by atoms with Gasteiger partial charge in [-0.1, -0.05) is 58.6 Å². The summed E-state index contributed by atoms with van der Waals surface area (Å²) in [5, 5.41) is 5.78. The summed E-state index contributed by atoms with van der Waals surface area (Å²) in [6.45, 7) is 3.80. The topological polar surface area (TPSA) is 151 Å². The second-order valence-electron chi connectivity index (χ2n) is 11.6. The Morgan fingerprint density at radius 1 is 0.667 bits per heavy atom. The van der Waals surface area contributed by atoms with Crippen molar-refractivity contribution >= 4 is 66.4 Å². The number of methoxy groups -OCH3 is 2. The lowest BCUT2D eigenvalue weighted by Gasteiger charge is -2.27. The molecule has 0 aliphatic carbocycles. The lowest BCUT2D eigenvalue weighted by Crippen LogP contribution is -2.48. The first-order valence-electron chi connectivity index (χ1n) is 15.5. The van der Waals surface area contributed by atoms with Gasteiger partial charge in [0.25, 0.3) is 20.0 Å². The van der Waals surface area contributed by atoms with Crippen molar-refractivity contribution in [3.8, 4) is 11.5 Å². The summed E-state index contributed by atoms with van der Waals surface area (Å²) < 4.78 is 68.0. The molecule has 0 heterocycles. The minimum atomic E-state index is -4.28. The molecule has 0 aromatic heterocycles. The van der Waals surface area contributed by atoms with Gasteiger partial charge in [0.1, 0.15) is 24.6 Å². The number of ether oxygens (including phenoxy) is 2. The van der Waals surface area contributed by atoms with E-state index >= 15 is 0 Å². The Bertz CT molecular complexity index is 2100. The van der Waals surface area contributed by atoms with E-state index in [4.69, 9.17) is 32.7 Å². The van der Waals surface area contributed by atoms with Gasteiger partial charge in [-0.15, -0.1) is 0 Å². The Morgan fingerprint density at radius 3 is 1.45 bits per heavy atom. The Hall–Kier alpha value is -4.50. The number of amides is 2. The second-order valence-corrected chi connectivity index (χ2v) is 16.2. The molecule has 0 aliphatic rings. The second kappa shape index (κ2) is 16.7. The number of nitrogens with zero attached hydrogens (tertiary/aromatic N) is 2. The zero-order chi connectivity index (χ0) is 37.5. The van der Waals surface area contributed by atoms with Crippen molar-refractivity contribution in [2.45, 2.75) is 36.6 Å². The standard InChI is InChI=1S/C35H38Cl2N4O8S2/c1-23-6-12-28(13-7-23)50(44,45)40(30-18-26(36)10-16-32(30)48-4)21-34(42)38-20-25(3)39-35(43)22-41(31-19-27(37)11-17-33(31)49-5)51(46,47)29-14-8-24(2)9-15-29/h6-19,25H,20-22H2,1-5H3,(H,38,42)(H,39,43)/t25-/m1/s1. The number of benzene rings is 4. The maximum absolute atomic E-state index is 13.9. The van der Waals surface area contributed by atoms with E-state index in [2.05, 4.69) is 10.6 Å². The third-order valence-electron chi connectivity index (χ3n) is 7.62. The van der Waals surface area contributed by atoms with E-state index in [0.717, 1.165) is 19.7 Å². The molecule has 0 saturated heterocycles. The summed E-state index contributed by atoms with van der Waals surface area (Å²) in [6.07, 6.45) is 0. The third kappa shape index (κ3) is 9.64. The molecule has 12 nitrogen and oxygen atoms in total. The number of sulfonamides is 2. The molecule has 1 atom stereocenters. The summed E-state index contributed by atoms with van der Waals surface area (Å²) in [6, 6.07) is 20.4. The number of nitrogens with one attached hydrogen (secondary N) is 2. The van der Waals surface area contributed by atoms with Crippen molar-refractivity contribution in [1.82, 2.24) is 10.6 Å². The zero-order valence-corrected chi connectivity index (χ0v) is 31.7. The van der Waals surface area contributed by atoms with Crippen LogP contribution >= 0.6 is 23.2 Å². The molecule has 4 aromatic carbocycles. The predicted molar refractivity (Wildman–Crippen MR) is 198 cm³/mol. The highest BCUT2D eigenvalue weighted by molar-refractivity contribution is 7.93. The van der Waals surface area contributed by atoms with Gasteiger partial charge in [-0.25, -0.2) is 16.8 Å². The summed E-state index contributed by atoms with van der Waals surface area (Å²) in [7, 11) is -5.83. The summed E-state index contributed by atoms with van der Waals surface area (Å²) in [5.74, 6) is -1.04. The minimum Gasteiger partial charge on any atom is -0.495 e. The van der Waals surface area contributed by atoms with E-state index in [0.29, 0.717) is 0 Å². The fourth-order valence-electron chi connectivity index (χ4n) is 4.95. The van der Waals surface area contributed by atoms with E-state index in [9.17, 15) is 26.4 Å². The number of rotatable bonds is 15. The normalized spacial score (nSPS) is 12.1. The highest BCUT2D eigenvalue weighted by Gasteiger charge is 2.32. The number of hydrogen-bond donors (Lipinski definition) is 2. The molecule has 2 amide bonds. The van der Waals surface area contributed by atoms with Crippen LogP contribution in [0.25, 0.3) is 0 Å². The van der Waals surface area contributed by atoms with Crippen LogP contribution in [0.15, 0.2) is 94.7 Å². The molecule has 0 saturated carbocycles. The first-order chi connectivity index (χ1) is 24.1. The Labute approximate surface area is 308 Å². The number of carbonyl (C=O) groups is 2. The van der Waals surface area contributed by atoms with Gasteiger partial charge < -0.3 is 20.1 Å². The summed E-state index contributed by atoms with van der Waals surface area (Å²) in [4.78, 5) is 26.5. The number of carbonyl (C=O) groups excluding carboxylic acids is 2. The molecule has 2 N–H and O–H groups in total. The van der Waals surface area contributed by atoms with Crippen LogP contribution in [0.4, 0.5) is 11.4 Å². The van der Waals surface area contributed by atoms with Gasteiger partial charge in [0, 0.05) is 22.6 Å². The average molecular weight is 778 g/mol. The molecule has 272 valence electrons. The van der Waals surface area contributed by atoms with Crippen LogP contribution in [-0.2, 0) is 29.6 Å². The van der Waals surface area contributed by atoms with Crippen LogP contribution in [0.3, 0.4) is 0 Å². The van der Waals surface area contributed by atoms with Crippen molar-refractivity contribution < 1.29 is 35.9 Å². The van der Waals surface area contributed by atoms with Crippen molar-refractivity contribution in [3.63, 3.8) is 0 Å². The fourth-order valence-corrected chi connectivity index (χ4v) is 8.12. The lowest BCUT2D eigenvalue weighted by molar-refractivity contribution is -0.122. The third-order valence-corrected chi connectivity index (χ3v) is 11.6. The van der Waals surface area contributed by atoms with E-state index in [1.807, 2.05) is 13.8 Å². The SMILES string of the molecule is COc1ccc(Cl)cc1N(CC(=O)NC[C@@H](C)NC(=O)CN(c1cc(Cl)ccc1OC)S(=O)(=O)c1ccc(C)cc1)S(=O)(=O)c1ccc(C)cc1. The maximum Gasteiger partial charge on any atom is 0.264 e.